The Morgan fingerprint density at radius 2 is 1.86 bits per heavy atom. The molecule has 28 heavy (non-hydrogen) atoms. The Morgan fingerprint density at radius 3 is 2.57 bits per heavy atom. The third-order valence-corrected chi connectivity index (χ3v) is 4.62. The molecular formula is C19H12ClF3N2O2S. The molecule has 0 spiro atoms. The van der Waals surface area contributed by atoms with E-state index in [2.05, 4.69) is 10.5 Å². The van der Waals surface area contributed by atoms with Crippen LogP contribution in [0.25, 0.3) is 0 Å². The highest BCUT2D eigenvalue weighted by atomic mass is 35.5. The van der Waals surface area contributed by atoms with Crippen LogP contribution in [0.5, 0.6) is 0 Å². The molecule has 0 atom stereocenters. The quantitative estimate of drug-likeness (QED) is 0.412. The minimum absolute atomic E-state index is 0.148. The summed E-state index contributed by atoms with van der Waals surface area (Å²) in [6.45, 7) is 0. The lowest BCUT2D eigenvalue weighted by Crippen LogP contribution is -2.18. The van der Waals surface area contributed by atoms with Gasteiger partial charge < -0.3 is 4.42 Å². The first kappa shape index (κ1) is 20.0. The third kappa shape index (κ3) is 5.40. The van der Waals surface area contributed by atoms with Gasteiger partial charge in [-0.3, -0.25) is 4.79 Å². The zero-order chi connectivity index (χ0) is 20.1. The van der Waals surface area contributed by atoms with Crippen molar-refractivity contribution < 1.29 is 22.4 Å². The molecule has 144 valence electrons. The molecule has 9 heteroatoms. The van der Waals surface area contributed by atoms with Gasteiger partial charge in [0.2, 0.25) is 0 Å². The van der Waals surface area contributed by atoms with E-state index in [1.54, 1.807) is 24.3 Å². The number of alkyl halides is 3. The Morgan fingerprint density at radius 1 is 1.11 bits per heavy atom. The second-order valence-corrected chi connectivity index (χ2v) is 7.00. The normalized spacial score (nSPS) is 11.7. The average molecular weight is 425 g/mol. The van der Waals surface area contributed by atoms with Crippen molar-refractivity contribution in [2.45, 2.75) is 16.2 Å². The molecule has 4 nitrogen and oxygen atoms in total. The molecule has 0 unspecified atom stereocenters. The van der Waals surface area contributed by atoms with E-state index in [1.807, 2.05) is 12.1 Å². The van der Waals surface area contributed by atoms with Crippen LogP contribution in [0.2, 0.25) is 5.02 Å². The molecule has 3 aromatic rings. The van der Waals surface area contributed by atoms with Crippen LogP contribution in [0.1, 0.15) is 21.7 Å². The van der Waals surface area contributed by atoms with Crippen LogP contribution in [-0.2, 0) is 6.18 Å². The van der Waals surface area contributed by atoms with E-state index in [0.717, 1.165) is 23.1 Å². The number of halogens is 4. The van der Waals surface area contributed by atoms with E-state index in [0.29, 0.717) is 15.9 Å². The molecule has 0 fully saturated rings. The number of carbonyl (C=O) groups excluding carboxylic acids is 1. The van der Waals surface area contributed by atoms with Crippen molar-refractivity contribution in [2.24, 2.45) is 5.10 Å². The lowest BCUT2D eigenvalue weighted by molar-refractivity contribution is -0.137. The SMILES string of the molecule is O=C(N/N=C/c1ccc(Sc2ccc(Cl)cc2)o1)c1cccc(C(F)(F)F)c1. The Hall–Kier alpha value is -2.71. The minimum atomic E-state index is -4.52. The third-order valence-electron chi connectivity index (χ3n) is 3.44. The number of benzene rings is 2. The molecule has 0 saturated carbocycles. The van der Waals surface area contributed by atoms with Crippen molar-refractivity contribution in [1.82, 2.24) is 5.43 Å². The Bertz CT molecular complexity index is 1000. The number of furan rings is 1. The molecule has 0 aliphatic carbocycles. The molecule has 0 bridgehead atoms. The predicted molar refractivity (Wildman–Crippen MR) is 101 cm³/mol. The van der Waals surface area contributed by atoms with Gasteiger partial charge in [-0.25, -0.2) is 5.43 Å². The largest absolute Gasteiger partial charge is 0.448 e. The molecule has 0 radical (unpaired) electrons. The summed E-state index contributed by atoms with van der Waals surface area (Å²) in [6.07, 6.45) is -3.26. The fourth-order valence-corrected chi connectivity index (χ4v) is 3.04. The highest BCUT2D eigenvalue weighted by Crippen LogP contribution is 2.30. The molecule has 0 aliphatic rings. The molecule has 1 amide bonds. The van der Waals surface area contributed by atoms with Crippen LogP contribution in [0.15, 0.2) is 80.2 Å². The van der Waals surface area contributed by atoms with Gasteiger partial charge in [-0.05, 0) is 54.6 Å². The van der Waals surface area contributed by atoms with Gasteiger partial charge in [-0.2, -0.15) is 18.3 Å². The molecule has 0 saturated heterocycles. The van der Waals surface area contributed by atoms with Crippen molar-refractivity contribution >= 4 is 35.5 Å². The smallest absolute Gasteiger partial charge is 0.416 e. The molecule has 1 aromatic heterocycles. The summed E-state index contributed by atoms with van der Waals surface area (Å²) in [7, 11) is 0. The number of amides is 1. The Labute approximate surface area is 167 Å². The van der Waals surface area contributed by atoms with Crippen LogP contribution < -0.4 is 5.43 Å². The molecule has 2 aromatic carbocycles. The summed E-state index contributed by atoms with van der Waals surface area (Å²) in [5.74, 6) is -0.384. The maximum atomic E-state index is 12.7. The maximum Gasteiger partial charge on any atom is 0.416 e. The zero-order valence-corrected chi connectivity index (χ0v) is 15.6. The second-order valence-electron chi connectivity index (χ2n) is 5.49. The summed E-state index contributed by atoms with van der Waals surface area (Å²) >= 11 is 7.21. The van der Waals surface area contributed by atoms with Gasteiger partial charge >= 0.3 is 6.18 Å². The van der Waals surface area contributed by atoms with Crippen LogP contribution in [0.3, 0.4) is 0 Å². The highest BCUT2D eigenvalue weighted by molar-refractivity contribution is 7.99. The van der Waals surface area contributed by atoms with Crippen molar-refractivity contribution in [1.29, 1.82) is 0 Å². The fourth-order valence-electron chi connectivity index (χ4n) is 2.13. The van der Waals surface area contributed by atoms with Crippen molar-refractivity contribution in [3.63, 3.8) is 0 Å². The van der Waals surface area contributed by atoms with E-state index >= 15 is 0 Å². The van der Waals surface area contributed by atoms with E-state index in [-0.39, 0.29) is 5.56 Å². The van der Waals surface area contributed by atoms with Crippen molar-refractivity contribution in [3.05, 3.63) is 82.6 Å². The molecule has 3 rings (SSSR count). The summed E-state index contributed by atoms with van der Waals surface area (Å²) in [4.78, 5) is 12.9. The topological polar surface area (TPSA) is 54.6 Å². The van der Waals surface area contributed by atoms with E-state index in [4.69, 9.17) is 16.0 Å². The summed E-state index contributed by atoms with van der Waals surface area (Å²) < 4.78 is 43.7. The fraction of sp³-hybridized carbons (Fsp3) is 0.0526. The van der Waals surface area contributed by atoms with Crippen LogP contribution in [0, 0.1) is 0 Å². The number of hydrogen-bond donors (Lipinski definition) is 1. The van der Waals surface area contributed by atoms with Gasteiger partial charge in [0.05, 0.1) is 11.8 Å². The lowest BCUT2D eigenvalue weighted by Gasteiger charge is -2.07. The second kappa shape index (κ2) is 8.53. The highest BCUT2D eigenvalue weighted by Gasteiger charge is 2.30. The number of carbonyl (C=O) groups is 1. The van der Waals surface area contributed by atoms with Crippen LogP contribution in [-0.4, -0.2) is 12.1 Å². The molecule has 0 aliphatic heterocycles. The monoisotopic (exact) mass is 424 g/mol. The zero-order valence-electron chi connectivity index (χ0n) is 14.0. The van der Waals surface area contributed by atoms with E-state index in [9.17, 15) is 18.0 Å². The van der Waals surface area contributed by atoms with Gasteiger partial charge in [0, 0.05) is 15.5 Å². The first-order valence-corrected chi connectivity index (χ1v) is 9.04. The number of nitrogens with zero attached hydrogens (tertiary/aromatic N) is 1. The van der Waals surface area contributed by atoms with Crippen LogP contribution >= 0.6 is 23.4 Å². The van der Waals surface area contributed by atoms with Gasteiger partial charge in [0.1, 0.15) is 5.76 Å². The van der Waals surface area contributed by atoms with Gasteiger partial charge in [-0.15, -0.1) is 0 Å². The lowest BCUT2D eigenvalue weighted by atomic mass is 10.1. The van der Waals surface area contributed by atoms with Crippen LogP contribution in [0.4, 0.5) is 13.2 Å². The standard InChI is InChI=1S/C19H12ClF3N2O2S/c20-14-4-7-16(8-5-14)28-17-9-6-15(27-17)11-24-25-18(26)12-2-1-3-13(10-12)19(21,22)23/h1-11H,(H,25,26)/b24-11+. The van der Waals surface area contributed by atoms with Crippen molar-refractivity contribution in [3.8, 4) is 0 Å². The average Bonchev–Trinajstić information content (AvgIpc) is 3.10. The number of hydrogen-bond acceptors (Lipinski definition) is 4. The maximum absolute atomic E-state index is 12.7. The summed E-state index contributed by atoms with van der Waals surface area (Å²) in [6, 6.07) is 14.7. The number of hydrazone groups is 1. The molecular weight excluding hydrogens is 413 g/mol. The number of rotatable bonds is 5. The van der Waals surface area contributed by atoms with E-state index < -0.39 is 17.6 Å². The summed E-state index contributed by atoms with van der Waals surface area (Å²) in [5.41, 5.74) is 1.12. The first-order valence-electron chi connectivity index (χ1n) is 7.85. The minimum Gasteiger partial charge on any atom is -0.448 e. The molecule has 1 heterocycles. The Kier molecular flexibility index (Phi) is 6.11. The predicted octanol–water partition coefficient (Wildman–Crippen LogP) is 5.87. The van der Waals surface area contributed by atoms with Crippen molar-refractivity contribution in [2.75, 3.05) is 0 Å². The Balaban J connectivity index is 1.60. The van der Waals surface area contributed by atoms with Gasteiger partial charge in [0.25, 0.3) is 5.91 Å². The van der Waals surface area contributed by atoms with Gasteiger partial charge in [0.15, 0.2) is 5.09 Å². The molecule has 1 N–H and O–H groups in total. The number of nitrogens with one attached hydrogen (secondary N) is 1. The first-order chi connectivity index (χ1) is 13.3. The van der Waals surface area contributed by atoms with Gasteiger partial charge in [-0.1, -0.05) is 29.4 Å². The summed E-state index contributed by atoms with van der Waals surface area (Å²) in [5, 5.41) is 4.95. The van der Waals surface area contributed by atoms with E-state index in [1.165, 1.54) is 24.0 Å².